The molecule has 8 heteroatoms. The van der Waals surface area contributed by atoms with E-state index in [1.54, 1.807) is 6.07 Å². The molecule has 0 spiro atoms. The molecule has 0 radical (unpaired) electrons. The minimum Gasteiger partial charge on any atom is -0.473 e. The van der Waals surface area contributed by atoms with E-state index < -0.39 is 11.9 Å². The molecule has 1 aliphatic rings. The Bertz CT molecular complexity index is 722. The molecule has 0 amide bonds. The van der Waals surface area contributed by atoms with Crippen LogP contribution < -0.4 is 4.90 Å². The summed E-state index contributed by atoms with van der Waals surface area (Å²) in [6, 6.07) is 13.0. The maximum absolute atomic E-state index is 13.8. The Morgan fingerprint density at radius 1 is 0.962 bits per heavy atom. The van der Waals surface area contributed by atoms with Crippen LogP contribution in [0.3, 0.4) is 0 Å². The predicted octanol–water partition coefficient (Wildman–Crippen LogP) is 1.70. The van der Waals surface area contributed by atoms with Gasteiger partial charge in [0.05, 0.1) is 11.4 Å². The Morgan fingerprint density at radius 3 is 2.12 bits per heavy atom. The molecule has 1 aliphatic heterocycles. The number of para-hydroxylation sites is 1. The maximum atomic E-state index is 13.8. The van der Waals surface area contributed by atoms with Crippen molar-refractivity contribution < 1.29 is 24.2 Å². The topological polar surface area (TPSA) is 94.0 Å². The van der Waals surface area contributed by atoms with Crippen molar-refractivity contribution in [3.05, 3.63) is 60.2 Å². The molecular formula is C18H20FN3O4. The molecule has 138 valence electrons. The van der Waals surface area contributed by atoms with Crippen molar-refractivity contribution >= 4 is 17.6 Å². The van der Waals surface area contributed by atoms with Crippen LogP contribution in [0.15, 0.2) is 48.7 Å². The summed E-state index contributed by atoms with van der Waals surface area (Å²) in [5, 5.41) is 14.8. The standard InChI is InChI=1S/C16H18FN3.C2H2O4/c17-15-6-1-2-7-16(15)20-11-9-19(10-12-20)13-14-5-3-4-8-18-14;3-1(4)2(5)6/h1-8H,9-13H2;(H,3,4)(H,5,6). The molecule has 0 unspecified atom stereocenters. The summed E-state index contributed by atoms with van der Waals surface area (Å²) in [5.74, 6) is -3.78. The van der Waals surface area contributed by atoms with E-state index in [4.69, 9.17) is 19.8 Å². The average molecular weight is 361 g/mol. The summed E-state index contributed by atoms with van der Waals surface area (Å²) in [5.41, 5.74) is 1.80. The zero-order valence-corrected chi connectivity index (χ0v) is 14.1. The Kier molecular flexibility index (Phi) is 7.04. The number of hydrogen-bond acceptors (Lipinski definition) is 5. The molecule has 26 heavy (non-hydrogen) atoms. The van der Waals surface area contributed by atoms with Crippen LogP contribution in [0.1, 0.15) is 5.69 Å². The number of hydrogen-bond donors (Lipinski definition) is 2. The lowest BCUT2D eigenvalue weighted by atomic mass is 10.2. The third kappa shape index (κ3) is 5.82. The van der Waals surface area contributed by atoms with E-state index in [2.05, 4.69) is 14.8 Å². The zero-order valence-electron chi connectivity index (χ0n) is 14.1. The third-order valence-corrected chi connectivity index (χ3v) is 3.86. The number of carboxylic acid groups (broad SMARTS) is 2. The van der Waals surface area contributed by atoms with Gasteiger partial charge in [-0.05, 0) is 24.3 Å². The van der Waals surface area contributed by atoms with Crippen LogP contribution in [-0.4, -0.2) is 58.2 Å². The smallest absolute Gasteiger partial charge is 0.414 e. The quantitative estimate of drug-likeness (QED) is 0.804. The third-order valence-electron chi connectivity index (χ3n) is 3.86. The fourth-order valence-electron chi connectivity index (χ4n) is 2.58. The highest BCUT2D eigenvalue weighted by Gasteiger charge is 2.19. The van der Waals surface area contributed by atoms with E-state index >= 15 is 0 Å². The highest BCUT2D eigenvalue weighted by Crippen LogP contribution is 2.20. The molecule has 2 N–H and O–H groups in total. The number of halogens is 1. The Hall–Kier alpha value is -3.00. The minimum atomic E-state index is -1.82. The lowest BCUT2D eigenvalue weighted by molar-refractivity contribution is -0.159. The Balaban J connectivity index is 0.000000352. The lowest BCUT2D eigenvalue weighted by Gasteiger charge is -2.36. The summed E-state index contributed by atoms with van der Waals surface area (Å²) in [4.78, 5) is 27.0. The van der Waals surface area contributed by atoms with E-state index in [0.29, 0.717) is 5.69 Å². The van der Waals surface area contributed by atoms with Gasteiger partial charge in [-0.1, -0.05) is 18.2 Å². The fraction of sp³-hybridized carbons (Fsp3) is 0.278. The highest BCUT2D eigenvalue weighted by atomic mass is 19.1. The number of piperazine rings is 1. The van der Waals surface area contributed by atoms with E-state index in [-0.39, 0.29) is 5.82 Å². The van der Waals surface area contributed by atoms with Crippen LogP contribution in [0.2, 0.25) is 0 Å². The summed E-state index contributed by atoms with van der Waals surface area (Å²) in [6.45, 7) is 4.45. The maximum Gasteiger partial charge on any atom is 0.414 e. The van der Waals surface area contributed by atoms with Gasteiger partial charge in [0.2, 0.25) is 0 Å². The predicted molar refractivity (Wildman–Crippen MR) is 93.4 cm³/mol. The number of carboxylic acids is 2. The Morgan fingerprint density at radius 2 is 1.58 bits per heavy atom. The van der Waals surface area contributed by atoms with E-state index in [1.807, 2.05) is 36.5 Å². The molecule has 0 atom stereocenters. The van der Waals surface area contributed by atoms with E-state index in [1.165, 1.54) is 6.07 Å². The van der Waals surface area contributed by atoms with Crippen molar-refractivity contribution in [2.45, 2.75) is 6.54 Å². The van der Waals surface area contributed by atoms with Crippen molar-refractivity contribution in [1.29, 1.82) is 0 Å². The van der Waals surface area contributed by atoms with Crippen LogP contribution in [0.5, 0.6) is 0 Å². The molecule has 1 aromatic carbocycles. The molecule has 1 saturated heterocycles. The van der Waals surface area contributed by atoms with Crippen LogP contribution in [0.25, 0.3) is 0 Å². The van der Waals surface area contributed by atoms with Gasteiger partial charge in [0.15, 0.2) is 0 Å². The second-order valence-corrected chi connectivity index (χ2v) is 5.65. The summed E-state index contributed by atoms with van der Waals surface area (Å²) in [6.07, 6.45) is 1.82. The van der Waals surface area contributed by atoms with E-state index in [9.17, 15) is 4.39 Å². The number of pyridine rings is 1. The molecule has 7 nitrogen and oxygen atoms in total. The highest BCUT2D eigenvalue weighted by molar-refractivity contribution is 6.27. The Labute approximate surface area is 150 Å². The van der Waals surface area contributed by atoms with Crippen molar-refractivity contribution in [1.82, 2.24) is 9.88 Å². The van der Waals surface area contributed by atoms with Crippen molar-refractivity contribution in [3.8, 4) is 0 Å². The number of nitrogens with zero attached hydrogens (tertiary/aromatic N) is 3. The summed E-state index contributed by atoms with van der Waals surface area (Å²) < 4.78 is 13.8. The molecule has 2 heterocycles. The zero-order chi connectivity index (χ0) is 18.9. The number of benzene rings is 1. The normalized spacial score (nSPS) is 14.3. The lowest BCUT2D eigenvalue weighted by Crippen LogP contribution is -2.46. The second-order valence-electron chi connectivity index (χ2n) is 5.65. The number of carbonyl (C=O) groups is 2. The van der Waals surface area contributed by atoms with Gasteiger partial charge in [0.25, 0.3) is 0 Å². The van der Waals surface area contributed by atoms with Crippen molar-refractivity contribution in [2.75, 3.05) is 31.1 Å². The second kappa shape index (κ2) is 9.47. The average Bonchev–Trinajstić information content (AvgIpc) is 2.64. The van der Waals surface area contributed by atoms with Gasteiger partial charge in [0.1, 0.15) is 5.82 Å². The van der Waals surface area contributed by atoms with Gasteiger partial charge in [-0.25, -0.2) is 14.0 Å². The first kappa shape index (κ1) is 19.3. The first-order chi connectivity index (χ1) is 12.5. The SMILES string of the molecule is Fc1ccccc1N1CCN(Cc2ccccn2)CC1.O=C(O)C(=O)O. The largest absolute Gasteiger partial charge is 0.473 e. The fourth-order valence-corrected chi connectivity index (χ4v) is 2.58. The minimum absolute atomic E-state index is 0.134. The van der Waals surface area contributed by atoms with Gasteiger partial charge in [0, 0.05) is 38.9 Å². The monoisotopic (exact) mass is 361 g/mol. The van der Waals surface area contributed by atoms with Crippen LogP contribution in [-0.2, 0) is 16.1 Å². The molecule has 2 aromatic rings. The first-order valence-electron chi connectivity index (χ1n) is 8.05. The van der Waals surface area contributed by atoms with E-state index in [0.717, 1.165) is 38.4 Å². The molecular weight excluding hydrogens is 341 g/mol. The van der Waals surface area contributed by atoms with Gasteiger partial charge in [-0.2, -0.15) is 0 Å². The van der Waals surface area contributed by atoms with Gasteiger partial charge >= 0.3 is 11.9 Å². The number of aliphatic carboxylic acids is 2. The number of rotatable bonds is 3. The van der Waals surface area contributed by atoms with Crippen LogP contribution in [0, 0.1) is 5.82 Å². The molecule has 0 aliphatic carbocycles. The number of anilines is 1. The molecule has 1 fully saturated rings. The molecule has 0 saturated carbocycles. The van der Waals surface area contributed by atoms with Crippen LogP contribution >= 0.6 is 0 Å². The summed E-state index contributed by atoms with van der Waals surface area (Å²) in [7, 11) is 0. The van der Waals surface area contributed by atoms with Gasteiger partial charge in [-0.3, -0.25) is 9.88 Å². The van der Waals surface area contributed by atoms with Crippen molar-refractivity contribution in [2.24, 2.45) is 0 Å². The van der Waals surface area contributed by atoms with Gasteiger partial charge in [-0.15, -0.1) is 0 Å². The molecule has 3 rings (SSSR count). The van der Waals surface area contributed by atoms with Crippen LogP contribution in [0.4, 0.5) is 10.1 Å². The molecule has 0 bridgehead atoms. The summed E-state index contributed by atoms with van der Waals surface area (Å²) >= 11 is 0. The molecule has 1 aromatic heterocycles. The van der Waals surface area contributed by atoms with Gasteiger partial charge < -0.3 is 15.1 Å². The van der Waals surface area contributed by atoms with Crippen molar-refractivity contribution in [3.63, 3.8) is 0 Å². The number of aromatic nitrogens is 1. The first-order valence-corrected chi connectivity index (χ1v) is 8.05.